The topological polar surface area (TPSA) is 163 Å². The zero-order valence-corrected chi connectivity index (χ0v) is 15.6. The van der Waals surface area contributed by atoms with Crippen LogP contribution in [0.2, 0.25) is 0 Å². The predicted molar refractivity (Wildman–Crippen MR) is 98.2 cm³/mol. The van der Waals surface area contributed by atoms with Crippen molar-refractivity contribution in [1.29, 1.82) is 0 Å². The van der Waals surface area contributed by atoms with E-state index in [1.165, 1.54) is 10.9 Å². The average molecular weight is 401 g/mol. The van der Waals surface area contributed by atoms with Gasteiger partial charge in [-0.15, -0.1) is 5.10 Å². The molecule has 3 aromatic heterocycles. The molecular formula is C16H19N9O4. The Bertz CT molecular complexity index is 1020. The SMILES string of the molecule is Cc1ccc(C=NNC(=O)c2c(CN3CCOCC3)nnn2-c2nonc2N)o1. The number of aromatic nitrogens is 5. The van der Waals surface area contributed by atoms with Gasteiger partial charge in [0, 0.05) is 19.6 Å². The zero-order chi connectivity index (χ0) is 20.2. The monoisotopic (exact) mass is 401 g/mol. The van der Waals surface area contributed by atoms with Crippen LogP contribution >= 0.6 is 0 Å². The lowest BCUT2D eigenvalue weighted by Crippen LogP contribution is -2.36. The number of rotatable bonds is 6. The van der Waals surface area contributed by atoms with Crippen molar-refractivity contribution in [2.45, 2.75) is 13.5 Å². The lowest BCUT2D eigenvalue weighted by Gasteiger charge is -2.25. The highest BCUT2D eigenvalue weighted by Gasteiger charge is 2.26. The molecule has 13 heteroatoms. The number of carbonyl (C=O) groups is 1. The Morgan fingerprint density at radius 1 is 1.34 bits per heavy atom. The first-order valence-corrected chi connectivity index (χ1v) is 8.84. The summed E-state index contributed by atoms with van der Waals surface area (Å²) in [5.74, 6) is 0.757. The van der Waals surface area contributed by atoms with Gasteiger partial charge in [0.1, 0.15) is 17.2 Å². The van der Waals surface area contributed by atoms with E-state index in [4.69, 9.17) is 14.9 Å². The Kier molecular flexibility index (Phi) is 5.31. The van der Waals surface area contributed by atoms with Crippen molar-refractivity contribution in [1.82, 2.24) is 35.6 Å². The van der Waals surface area contributed by atoms with Gasteiger partial charge in [0.05, 0.1) is 19.4 Å². The van der Waals surface area contributed by atoms with Crippen LogP contribution in [0.15, 0.2) is 26.3 Å². The van der Waals surface area contributed by atoms with Crippen molar-refractivity contribution in [3.8, 4) is 5.82 Å². The number of ether oxygens (including phenoxy) is 1. The number of nitrogens with one attached hydrogen (secondary N) is 1. The molecule has 3 aromatic rings. The van der Waals surface area contributed by atoms with Crippen molar-refractivity contribution in [2.24, 2.45) is 5.10 Å². The van der Waals surface area contributed by atoms with E-state index in [0.29, 0.717) is 31.2 Å². The number of nitrogen functional groups attached to an aromatic ring is 1. The molecular weight excluding hydrogens is 382 g/mol. The molecule has 0 aromatic carbocycles. The second-order valence-corrected chi connectivity index (χ2v) is 6.31. The molecule has 1 aliphatic rings. The minimum atomic E-state index is -0.541. The summed E-state index contributed by atoms with van der Waals surface area (Å²) in [5.41, 5.74) is 8.78. The number of furan rings is 1. The molecule has 0 unspecified atom stereocenters. The lowest BCUT2D eigenvalue weighted by atomic mass is 10.2. The van der Waals surface area contributed by atoms with Gasteiger partial charge in [0.15, 0.2) is 5.69 Å². The smallest absolute Gasteiger partial charge is 0.292 e. The second kappa shape index (κ2) is 8.20. The molecule has 0 aliphatic carbocycles. The summed E-state index contributed by atoms with van der Waals surface area (Å²) in [6.07, 6.45) is 1.40. The van der Waals surface area contributed by atoms with E-state index in [9.17, 15) is 4.79 Å². The molecule has 1 saturated heterocycles. The molecule has 29 heavy (non-hydrogen) atoms. The maximum Gasteiger partial charge on any atom is 0.292 e. The van der Waals surface area contributed by atoms with Crippen LogP contribution in [-0.4, -0.2) is 68.6 Å². The third kappa shape index (κ3) is 4.14. The summed E-state index contributed by atoms with van der Waals surface area (Å²) in [6, 6.07) is 3.53. The number of hydrogen-bond donors (Lipinski definition) is 2. The Balaban J connectivity index is 1.59. The normalized spacial score (nSPS) is 15.2. The van der Waals surface area contributed by atoms with E-state index >= 15 is 0 Å². The third-order valence-electron chi connectivity index (χ3n) is 4.25. The van der Waals surface area contributed by atoms with Gasteiger partial charge in [0.2, 0.25) is 11.6 Å². The number of nitrogens with zero attached hydrogens (tertiary/aromatic N) is 7. The van der Waals surface area contributed by atoms with Gasteiger partial charge >= 0.3 is 0 Å². The number of nitrogens with two attached hydrogens (primary N) is 1. The number of hydrazone groups is 1. The number of carbonyl (C=O) groups excluding carboxylic acids is 1. The maximum atomic E-state index is 12.9. The van der Waals surface area contributed by atoms with E-state index < -0.39 is 5.91 Å². The molecule has 0 atom stereocenters. The van der Waals surface area contributed by atoms with E-state index in [1.54, 1.807) is 12.1 Å². The molecule has 4 heterocycles. The Labute approximate surface area is 164 Å². The van der Waals surface area contributed by atoms with Crippen LogP contribution in [0.25, 0.3) is 5.82 Å². The van der Waals surface area contributed by atoms with E-state index in [1.807, 2.05) is 6.92 Å². The van der Waals surface area contributed by atoms with Gasteiger partial charge in [0.25, 0.3) is 5.91 Å². The lowest BCUT2D eigenvalue weighted by molar-refractivity contribution is 0.0335. The highest BCUT2D eigenvalue weighted by molar-refractivity contribution is 5.94. The summed E-state index contributed by atoms with van der Waals surface area (Å²) in [4.78, 5) is 15.0. The maximum absolute atomic E-state index is 12.9. The van der Waals surface area contributed by atoms with Crippen molar-refractivity contribution in [2.75, 3.05) is 32.0 Å². The number of morpholine rings is 1. The fourth-order valence-electron chi connectivity index (χ4n) is 2.83. The van der Waals surface area contributed by atoms with Crippen LogP contribution in [0.1, 0.15) is 27.7 Å². The molecule has 0 radical (unpaired) electrons. The second-order valence-electron chi connectivity index (χ2n) is 6.31. The number of aryl methyl sites for hydroxylation is 1. The average Bonchev–Trinajstić information content (AvgIpc) is 3.43. The predicted octanol–water partition coefficient (Wildman–Crippen LogP) is -0.270. The largest absolute Gasteiger partial charge is 0.460 e. The first kappa shape index (κ1) is 18.8. The highest BCUT2D eigenvalue weighted by Crippen LogP contribution is 2.17. The number of anilines is 1. The summed E-state index contributed by atoms with van der Waals surface area (Å²) in [5, 5.41) is 19.3. The molecule has 1 fully saturated rings. The van der Waals surface area contributed by atoms with Crippen LogP contribution in [-0.2, 0) is 11.3 Å². The molecule has 1 aliphatic heterocycles. The first-order chi connectivity index (χ1) is 14.1. The number of hydrogen-bond acceptors (Lipinski definition) is 11. The van der Waals surface area contributed by atoms with Crippen LogP contribution in [0.4, 0.5) is 5.82 Å². The Morgan fingerprint density at radius 3 is 2.86 bits per heavy atom. The molecule has 1 amide bonds. The van der Waals surface area contributed by atoms with E-state index in [0.717, 1.165) is 18.8 Å². The molecule has 152 valence electrons. The molecule has 0 saturated carbocycles. The van der Waals surface area contributed by atoms with Gasteiger partial charge in [-0.1, -0.05) is 5.21 Å². The van der Waals surface area contributed by atoms with Crippen LogP contribution < -0.4 is 11.2 Å². The summed E-state index contributed by atoms with van der Waals surface area (Å²) in [6.45, 7) is 4.88. The van der Waals surface area contributed by atoms with E-state index in [-0.39, 0.29) is 17.3 Å². The van der Waals surface area contributed by atoms with Crippen molar-refractivity contribution < 1.29 is 18.6 Å². The van der Waals surface area contributed by atoms with Crippen molar-refractivity contribution >= 4 is 17.9 Å². The van der Waals surface area contributed by atoms with Crippen molar-refractivity contribution in [3.63, 3.8) is 0 Å². The quantitative estimate of drug-likeness (QED) is 0.415. The van der Waals surface area contributed by atoms with Gasteiger partial charge in [-0.05, 0) is 29.4 Å². The fraction of sp³-hybridized carbons (Fsp3) is 0.375. The van der Waals surface area contributed by atoms with Crippen LogP contribution in [0.5, 0.6) is 0 Å². The van der Waals surface area contributed by atoms with Crippen LogP contribution in [0, 0.1) is 6.92 Å². The van der Waals surface area contributed by atoms with E-state index in [2.05, 4.69) is 40.7 Å². The zero-order valence-electron chi connectivity index (χ0n) is 15.6. The van der Waals surface area contributed by atoms with Crippen molar-refractivity contribution in [3.05, 3.63) is 35.0 Å². The summed E-state index contributed by atoms with van der Waals surface area (Å²) in [7, 11) is 0. The highest BCUT2D eigenvalue weighted by atomic mass is 16.6. The molecule has 3 N–H and O–H groups in total. The number of amides is 1. The fourth-order valence-corrected chi connectivity index (χ4v) is 2.83. The minimum absolute atomic E-state index is 0.0172. The minimum Gasteiger partial charge on any atom is -0.460 e. The molecule has 13 nitrogen and oxygen atoms in total. The van der Waals surface area contributed by atoms with Gasteiger partial charge < -0.3 is 14.9 Å². The molecule has 4 rings (SSSR count). The van der Waals surface area contributed by atoms with Crippen LogP contribution in [0.3, 0.4) is 0 Å². The van der Waals surface area contributed by atoms with Gasteiger partial charge in [-0.25, -0.2) is 10.1 Å². The first-order valence-electron chi connectivity index (χ1n) is 8.84. The Morgan fingerprint density at radius 2 is 2.17 bits per heavy atom. The summed E-state index contributed by atoms with van der Waals surface area (Å²) < 4.78 is 16.5. The molecule has 0 bridgehead atoms. The molecule has 0 spiro atoms. The standard InChI is InChI=1S/C16H19N9O4/c1-10-2-3-11(28-10)8-18-20-16(26)13-12(9-24-4-6-27-7-5-24)19-23-25(13)15-14(17)21-29-22-15/h2-3,8H,4-7,9H2,1H3,(H2,17,21)(H,20,26). The summed E-state index contributed by atoms with van der Waals surface area (Å²) >= 11 is 0. The van der Waals surface area contributed by atoms with Gasteiger partial charge in [-0.2, -0.15) is 9.78 Å². The third-order valence-corrected chi connectivity index (χ3v) is 4.25. The van der Waals surface area contributed by atoms with Gasteiger partial charge in [-0.3, -0.25) is 9.69 Å². The Hall–Kier alpha value is -3.58.